The van der Waals surface area contributed by atoms with Crippen LogP contribution in [0.1, 0.15) is 17.0 Å². The maximum Gasteiger partial charge on any atom is 0.295 e. The van der Waals surface area contributed by atoms with Gasteiger partial charge in [-0.05, 0) is 26.0 Å². The molecule has 2 aromatic rings. The molecule has 0 saturated carbocycles. The number of nitro groups is 1. The van der Waals surface area contributed by atoms with Gasteiger partial charge in [-0.3, -0.25) is 15.2 Å². The summed E-state index contributed by atoms with van der Waals surface area (Å²) < 4.78 is 13.0. The lowest BCUT2D eigenvalue weighted by molar-refractivity contribution is -0.384. The molecule has 0 bridgehead atoms. The zero-order chi connectivity index (χ0) is 14.0. The molecule has 1 aromatic heterocycles. The molecule has 2 N–H and O–H groups in total. The maximum absolute atomic E-state index is 13.0. The molecular weight excluding hydrogens is 251 g/mol. The van der Waals surface area contributed by atoms with Gasteiger partial charge in [0.2, 0.25) is 0 Å². The molecular formula is C12H13FN4O2. The lowest BCUT2D eigenvalue weighted by Gasteiger charge is -2.07. The number of hydrogen-bond acceptors (Lipinski definition) is 4. The highest BCUT2D eigenvalue weighted by Crippen LogP contribution is 2.26. The minimum Gasteiger partial charge on any atom is -0.375 e. The largest absolute Gasteiger partial charge is 0.375 e. The fourth-order valence-electron chi connectivity index (χ4n) is 1.82. The molecule has 0 atom stereocenters. The quantitative estimate of drug-likeness (QED) is 0.656. The topological polar surface area (TPSA) is 83.8 Å². The molecule has 0 radical (unpaired) electrons. The molecule has 0 aliphatic heterocycles. The molecule has 100 valence electrons. The zero-order valence-electron chi connectivity index (χ0n) is 10.5. The van der Waals surface area contributed by atoms with E-state index in [1.54, 1.807) is 0 Å². The summed E-state index contributed by atoms with van der Waals surface area (Å²) in [6.45, 7) is 4.11. The van der Waals surface area contributed by atoms with E-state index in [0.29, 0.717) is 6.54 Å². The number of aromatic nitrogens is 2. The number of benzene rings is 1. The summed E-state index contributed by atoms with van der Waals surface area (Å²) in [5, 5.41) is 20.7. The number of aromatic amines is 1. The van der Waals surface area contributed by atoms with Crippen molar-refractivity contribution in [2.75, 3.05) is 5.32 Å². The van der Waals surface area contributed by atoms with Crippen LogP contribution in [-0.4, -0.2) is 15.1 Å². The van der Waals surface area contributed by atoms with Gasteiger partial charge in [0.15, 0.2) is 0 Å². The smallest absolute Gasteiger partial charge is 0.295 e. The molecule has 0 fully saturated rings. The van der Waals surface area contributed by atoms with Crippen molar-refractivity contribution in [3.63, 3.8) is 0 Å². The molecule has 0 aliphatic rings. The van der Waals surface area contributed by atoms with Gasteiger partial charge in [0, 0.05) is 17.8 Å². The van der Waals surface area contributed by atoms with Gasteiger partial charge in [0.1, 0.15) is 11.5 Å². The van der Waals surface area contributed by atoms with Gasteiger partial charge >= 0.3 is 0 Å². The number of nitro benzene ring substituents is 1. The normalized spacial score (nSPS) is 10.5. The fourth-order valence-corrected chi connectivity index (χ4v) is 1.82. The predicted octanol–water partition coefficient (Wildman–Crippen LogP) is 2.69. The second-order valence-electron chi connectivity index (χ2n) is 4.18. The molecule has 1 aromatic carbocycles. The van der Waals surface area contributed by atoms with Crippen molar-refractivity contribution in [1.29, 1.82) is 0 Å². The number of H-pyrrole nitrogens is 1. The Morgan fingerprint density at radius 2 is 2.21 bits per heavy atom. The van der Waals surface area contributed by atoms with Gasteiger partial charge in [-0.15, -0.1) is 0 Å². The Morgan fingerprint density at radius 1 is 1.47 bits per heavy atom. The van der Waals surface area contributed by atoms with Crippen molar-refractivity contribution in [3.8, 4) is 0 Å². The van der Waals surface area contributed by atoms with Crippen LogP contribution in [0.3, 0.4) is 0 Å². The molecule has 7 heteroatoms. The lowest BCUT2D eigenvalue weighted by Crippen LogP contribution is -2.04. The average Bonchev–Trinajstić information content (AvgIpc) is 2.68. The standard InChI is InChI=1S/C12H13FN4O2/c1-7-10(8(2)16-15-7)6-14-11-4-3-9(13)5-12(11)17(18)19/h3-5,14H,6H2,1-2H3,(H,15,16). The molecule has 1 heterocycles. The van der Waals surface area contributed by atoms with Crippen LogP contribution in [0, 0.1) is 29.8 Å². The number of nitrogens with one attached hydrogen (secondary N) is 2. The van der Waals surface area contributed by atoms with Gasteiger partial charge in [-0.1, -0.05) is 0 Å². The third-order valence-corrected chi connectivity index (χ3v) is 2.89. The summed E-state index contributed by atoms with van der Waals surface area (Å²) in [5.74, 6) is -0.632. The first kappa shape index (κ1) is 13.0. The third-order valence-electron chi connectivity index (χ3n) is 2.89. The minimum atomic E-state index is -0.632. The Kier molecular flexibility index (Phi) is 3.46. The van der Waals surface area contributed by atoms with Crippen molar-refractivity contribution in [2.24, 2.45) is 0 Å². The lowest BCUT2D eigenvalue weighted by atomic mass is 10.2. The number of nitrogens with zero attached hydrogens (tertiary/aromatic N) is 2. The number of hydrogen-bond donors (Lipinski definition) is 2. The second kappa shape index (κ2) is 5.05. The van der Waals surface area contributed by atoms with E-state index in [0.717, 1.165) is 23.0 Å². The summed E-state index contributed by atoms with van der Waals surface area (Å²) in [6.07, 6.45) is 0. The van der Waals surface area contributed by atoms with Crippen molar-refractivity contribution < 1.29 is 9.31 Å². The van der Waals surface area contributed by atoms with E-state index in [9.17, 15) is 14.5 Å². The Balaban J connectivity index is 2.23. The summed E-state index contributed by atoms with van der Waals surface area (Å²) in [4.78, 5) is 10.2. The van der Waals surface area contributed by atoms with E-state index in [4.69, 9.17) is 0 Å². The van der Waals surface area contributed by atoms with Crippen molar-refractivity contribution in [3.05, 3.63) is 51.1 Å². The Morgan fingerprint density at radius 3 is 2.79 bits per heavy atom. The molecule has 6 nitrogen and oxygen atoms in total. The van der Waals surface area contributed by atoms with E-state index < -0.39 is 10.7 Å². The van der Waals surface area contributed by atoms with Crippen LogP contribution < -0.4 is 5.32 Å². The summed E-state index contributed by atoms with van der Waals surface area (Å²) in [5.41, 5.74) is 2.67. The Hall–Kier alpha value is -2.44. The van der Waals surface area contributed by atoms with Crippen LogP contribution >= 0.6 is 0 Å². The molecule has 0 unspecified atom stereocenters. The Labute approximate surface area is 108 Å². The van der Waals surface area contributed by atoms with Crippen LogP contribution in [0.25, 0.3) is 0 Å². The molecule has 19 heavy (non-hydrogen) atoms. The van der Waals surface area contributed by atoms with Crippen LogP contribution in [0.15, 0.2) is 18.2 Å². The first-order chi connectivity index (χ1) is 8.99. The first-order valence-corrected chi connectivity index (χ1v) is 5.67. The average molecular weight is 264 g/mol. The predicted molar refractivity (Wildman–Crippen MR) is 68.4 cm³/mol. The fraction of sp³-hybridized carbons (Fsp3) is 0.250. The summed E-state index contributed by atoms with van der Waals surface area (Å²) >= 11 is 0. The zero-order valence-corrected chi connectivity index (χ0v) is 10.5. The summed E-state index contributed by atoms with van der Waals surface area (Å²) in [6, 6.07) is 3.44. The molecule has 0 aliphatic carbocycles. The highest BCUT2D eigenvalue weighted by Gasteiger charge is 2.15. The van der Waals surface area contributed by atoms with Crippen molar-refractivity contribution in [2.45, 2.75) is 20.4 Å². The van der Waals surface area contributed by atoms with Gasteiger partial charge in [0.05, 0.1) is 16.7 Å². The van der Waals surface area contributed by atoms with E-state index in [1.807, 2.05) is 13.8 Å². The SMILES string of the molecule is Cc1n[nH]c(C)c1CNc1ccc(F)cc1[N+](=O)[O-]. The van der Waals surface area contributed by atoms with E-state index in [2.05, 4.69) is 15.5 Å². The molecule has 0 spiro atoms. The van der Waals surface area contributed by atoms with Crippen LogP contribution in [0.4, 0.5) is 15.8 Å². The molecule has 0 saturated heterocycles. The number of anilines is 1. The van der Waals surface area contributed by atoms with Crippen LogP contribution in [-0.2, 0) is 6.54 Å². The van der Waals surface area contributed by atoms with Gasteiger partial charge < -0.3 is 5.32 Å². The van der Waals surface area contributed by atoms with Crippen LogP contribution in [0.2, 0.25) is 0 Å². The number of aryl methyl sites for hydroxylation is 2. The van der Waals surface area contributed by atoms with E-state index in [-0.39, 0.29) is 11.4 Å². The maximum atomic E-state index is 13.0. The summed E-state index contributed by atoms with van der Waals surface area (Å²) in [7, 11) is 0. The minimum absolute atomic E-state index is 0.279. The Bertz CT molecular complexity index is 605. The molecule has 2 rings (SSSR count). The van der Waals surface area contributed by atoms with Crippen molar-refractivity contribution in [1.82, 2.24) is 10.2 Å². The van der Waals surface area contributed by atoms with Gasteiger partial charge in [-0.2, -0.15) is 5.10 Å². The first-order valence-electron chi connectivity index (χ1n) is 5.67. The second-order valence-corrected chi connectivity index (χ2v) is 4.18. The highest BCUT2D eigenvalue weighted by atomic mass is 19.1. The van der Waals surface area contributed by atoms with Crippen LogP contribution in [0.5, 0.6) is 0 Å². The van der Waals surface area contributed by atoms with Gasteiger partial charge in [0.25, 0.3) is 5.69 Å². The van der Waals surface area contributed by atoms with E-state index in [1.165, 1.54) is 12.1 Å². The molecule has 0 amide bonds. The number of rotatable bonds is 4. The van der Waals surface area contributed by atoms with E-state index >= 15 is 0 Å². The third kappa shape index (κ3) is 2.70. The monoisotopic (exact) mass is 264 g/mol. The van der Waals surface area contributed by atoms with Gasteiger partial charge in [-0.25, -0.2) is 4.39 Å². The number of halogens is 1. The van der Waals surface area contributed by atoms with Crippen molar-refractivity contribution >= 4 is 11.4 Å². The highest BCUT2D eigenvalue weighted by molar-refractivity contribution is 5.61.